The highest BCUT2D eigenvalue weighted by atomic mass is 16.9. The van der Waals surface area contributed by atoms with Gasteiger partial charge in [-0.2, -0.15) is 0 Å². The van der Waals surface area contributed by atoms with E-state index in [0.717, 1.165) is 11.1 Å². The number of aliphatic hydroxyl groups excluding tert-OH is 2. The molecule has 2 N–H and O–H groups in total. The zero-order valence-electron chi connectivity index (χ0n) is 19.9. The highest BCUT2D eigenvalue weighted by Gasteiger charge is 2.72. The predicted octanol–water partition coefficient (Wildman–Crippen LogP) is 2.41. The summed E-state index contributed by atoms with van der Waals surface area (Å²) in [5, 5.41) is 21.1. The van der Waals surface area contributed by atoms with Gasteiger partial charge in [0, 0.05) is 7.11 Å². The van der Waals surface area contributed by atoms with Gasteiger partial charge in [-0.3, -0.25) is 0 Å². The maximum Gasteiger partial charge on any atom is 0.225 e. The van der Waals surface area contributed by atoms with Crippen LogP contribution in [0.3, 0.4) is 0 Å². The summed E-state index contributed by atoms with van der Waals surface area (Å²) in [4.78, 5) is 0. The number of rotatable bonds is 11. The maximum atomic E-state index is 11.1. The molecule has 34 heavy (non-hydrogen) atoms. The van der Waals surface area contributed by atoms with E-state index < -0.39 is 42.1 Å². The molecule has 186 valence electrons. The molecule has 0 amide bonds. The first-order valence-corrected chi connectivity index (χ1v) is 11.5. The Morgan fingerprint density at radius 1 is 0.912 bits per heavy atom. The van der Waals surface area contributed by atoms with Crippen molar-refractivity contribution in [1.29, 1.82) is 0 Å². The van der Waals surface area contributed by atoms with E-state index in [1.54, 1.807) is 13.8 Å². The maximum absolute atomic E-state index is 11.1. The number of benzene rings is 2. The first-order valence-electron chi connectivity index (χ1n) is 11.5. The molecule has 0 saturated carbocycles. The van der Waals surface area contributed by atoms with Crippen LogP contribution in [0.1, 0.15) is 25.0 Å². The summed E-state index contributed by atoms with van der Waals surface area (Å²) < 4.78 is 36.8. The van der Waals surface area contributed by atoms with Crippen molar-refractivity contribution in [3.05, 3.63) is 71.8 Å². The van der Waals surface area contributed by atoms with Gasteiger partial charge in [0.25, 0.3) is 0 Å². The monoisotopic (exact) mass is 474 g/mol. The van der Waals surface area contributed by atoms with Crippen LogP contribution in [0.2, 0.25) is 0 Å². The first kappa shape index (κ1) is 25.2. The number of aliphatic hydroxyl groups is 2. The highest BCUT2D eigenvalue weighted by Crippen LogP contribution is 2.52. The van der Waals surface area contributed by atoms with Crippen LogP contribution < -0.4 is 0 Å². The number of ether oxygens (including phenoxy) is 6. The summed E-state index contributed by atoms with van der Waals surface area (Å²) in [5.41, 5.74) is 0.455. The quantitative estimate of drug-likeness (QED) is 0.513. The van der Waals surface area contributed by atoms with Gasteiger partial charge in [0.15, 0.2) is 11.4 Å². The molecule has 0 aromatic heterocycles. The first-order chi connectivity index (χ1) is 16.3. The SMILES string of the molecule is COC[C@]12OC(C)(C)O[C@H]1[C@H](OCc1ccccc1)[C@@](COCc1ccccc1)([C@H](O)CO)O2. The standard InChI is InChI=1S/C26H34O8/c1-24(2)32-23-22(31-16-20-12-8-5-9-13-20)25(21(28)14-27,34-26(23,33-24)18-29-3)17-30-15-19-10-6-4-7-11-19/h4-13,21-23,27-28H,14-18H2,1-3H3/t21-,22+,23+,25-,26-/m1/s1. The molecule has 8 nitrogen and oxygen atoms in total. The van der Waals surface area contributed by atoms with Crippen molar-refractivity contribution < 1.29 is 38.6 Å². The van der Waals surface area contributed by atoms with Crippen molar-refractivity contribution in [2.24, 2.45) is 0 Å². The Kier molecular flexibility index (Phi) is 7.71. The molecule has 0 aliphatic carbocycles. The van der Waals surface area contributed by atoms with Gasteiger partial charge in [-0.25, -0.2) is 0 Å². The molecular weight excluding hydrogens is 440 g/mol. The molecule has 2 aliphatic heterocycles. The van der Waals surface area contributed by atoms with Crippen LogP contribution >= 0.6 is 0 Å². The largest absolute Gasteiger partial charge is 0.394 e. The number of fused-ring (bicyclic) bond motifs is 1. The van der Waals surface area contributed by atoms with Crippen LogP contribution in [-0.4, -0.2) is 72.6 Å². The predicted molar refractivity (Wildman–Crippen MR) is 123 cm³/mol. The number of hydrogen-bond acceptors (Lipinski definition) is 8. The second kappa shape index (κ2) is 10.4. The molecule has 2 heterocycles. The summed E-state index contributed by atoms with van der Waals surface area (Å²) in [6.07, 6.45) is -2.87. The minimum Gasteiger partial charge on any atom is -0.394 e. The van der Waals surface area contributed by atoms with Crippen LogP contribution in [0.5, 0.6) is 0 Å². The second-order valence-electron chi connectivity index (χ2n) is 9.24. The van der Waals surface area contributed by atoms with Crippen molar-refractivity contribution in [3.8, 4) is 0 Å². The lowest BCUT2D eigenvalue weighted by Gasteiger charge is -2.40. The fourth-order valence-electron chi connectivity index (χ4n) is 4.75. The van der Waals surface area contributed by atoms with Crippen molar-refractivity contribution in [3.63, 3.8) is 0 Å². The molecule has 8 heteroatoms. The van der Waals surface area contributed by atoms with Crippen LogP contribution in [-0.2, 0) is 41.6 Å². The van der Waals surface area contributed by atoms with Crippen LogP contribution in [0.25, 0.3) is 0 Å². The van der Waals surface area contributed by atoms with Crippen molar-refractivity contribution in [1.82, 2.24) is 0 Å². The van der Waals surface area contributed by atoms with E-state index in [-0.39, 0.29) is 19.8 Å². The van der Waals surface area contributed by atoms with Crippen molar-refractivity contribution in [2.75, 3.05) is 26.9 Å². The topological polar surface area (TPSA) is 95.8 Å². The van der Waals surface area contributed by atoms with E-state index in [1.165, 1.54) is 7.11 Å². The Hall–Kier alpha value is -1.88. The van der Waals surface area contributed by atoms with Gasteiger partial charge in [0.1, 0.15) is 24.9 Å². The molecule has 0 unspecified atom stereocenters. The molecule has 0 spiro atoms. The molecule has 2 fully saturated rings. The smallest absolute Gasteiger partial charge is 0.225 e. The summed E-state index contributed by atoms with van der Waals surface area (Å²) in [6, 6.07) is 19.4. The molecule has 2 aromatic rings. The van der Waals surface area contributed by atoms with Gasteiger partial charge in [-0.1, -0.05) is 60.7 Å². The Bertz CT molecular complexity index is 908. The normalized spacial score (nSPS) is 30.9. The van der Waals surface area contributed by atoms with E-state index in [4.69, 9.17) is 28.4 Å². The van der Waals surface area contributed by atoms with Crippen molar-refractivity contribution in [2.45, 2.75) is 62.5 Å². The third kappa shape index (κ3) is 5.05. The lowest BCUT2D eigenvalue weighted by atomic mass is 9.88. The van der Waals surface area contributed by atoms with Crippen LogP contribution in [0.15, 0.2) is 60.7 Å². The van der Waals surface area contributed by atoms with E-state index in [0.29, 0.717) is 6.61 Å². The van der Waals surface area contributed by atoms with Gasteiger partial charge in [-0.05, 0) is 25.0 Å². The molecule has 0 radical (unpaired) electrons. The lowest BCUT2D eigenvalue weighted by Crippen LogP contribution is -2.59. The third-order valence-electron chi connectivity index (χ3n) is 6.18. The summed E-state index contributed by atoms with van der Waals surface area (Å²) >= 11 is 0. The van der Waals surface area contributed by atoms with E-state index in [2.05, 4.69) is 0 Å². The zero-order chi connectivity index (χ0) is 24.2. The van der Waals surface area contributed by atoms with Crippen molar-refractivity contribution >= 4 is 0 Å². The number of hydrogen-bond donors (Lipinski definition) is 2. The van der Waals surface area contributed by atoms with E-state index in [1.807, 2.05) is 60.7 Å². The molecule has 5 atom stereocenters. The van der Waals surface area contributed by atoms with E-state index >= 15 is 0 Å². The Morgan fingerprint density at radius 3 is 2.12 bits per heavy atom. The lowest BCUT2D eigenvalue weighted by molar-refractivity contribution is -0.322. The Labute approximate surface area is 200 Å². The highest BCUT2D eigenvalue weighted by molar-refractivity contribution is 5.17. The van der Waals surface area contributed by atoms with Gasteiger partial charge < -0.3 is 38.6 Å². The zero-order valence-corrected chi connectivity index (χ0v) is 19.9. The minimum absolute atomic E-state index is 0.0465. The second-order valence-corrected chi connectivity index (χ2v) is 9.24. The molecule has 2 aromatic carbocycles. The summed E-state index contributed by atoms with van der Waals surface area (Å²) in [6.45, 7) is 3.55. The summed E-state index contributed by atoms with van der Waals surface area (Å²) in [7, 11) is 1.54. The Morgan fingerprint density at radius 2 is 1.53 bits per heavy atom. The van der Waals surface area contributed by atoms with E-state index in [9.17, 15) is 10.2 Å². The molecule has 2 saturated heterocycles. The molecule has 2 aliphatic rings. The van der Waals surface area contributed by atoms with Gasteiger partial charge >= 0.3 is 0 Å². The molecule has 4 rings (SSSR count). The fourth-order valence-corrected chi connectivity index (χ4v) is 4.75. The minimum atomic E-state index is -1.46. The average Bonchev–Trinajstić information content (AvgIpc) is 3.22. The van der Waals surface area contributed by atoms with Gasteiger partial charge in [-0.15, -0.1) is 0 Å². The average molecular weight is 475 g/mol. The number of methoxy groups -OCH3 is 1. The van der Waals surface area contributed by atoms with Gasteiger partial charge in [0.05, 0.1) is 26.4 Å². The molecular formula is C26H34O8. The van der Waals surface area contributed by atoms with Crippen LogP contribution in [0.4, 0.5) is 0 Å². The van der Waals surface area contributed by atoms with Gasteiger partial charge in [0.2, 0.25) is 5.79 Å². The van der Waals surface area contributed by atoms with Crippen LogP contribution in [0, 0.1) is 0 Å². The third-order valence-corrected chi connectivity index (χ3v) is 6.18. The summed E-state index contributed by atoms with van der Waals surface area (Å²) in [5.74, 6) is -2.30. The molecule has 0 bridgehead atoms. The Balaban J connectivity index is 1.65. The fraction of sp³-hybridized carbons (Fsp3) is 0.538.